The molecule has 0 aliphatic heterocycles. The van der Waals surface area contributed by atoms with Gasteiger partial charge in [0, 0.05) is 12.1 Å². The van der Waals surface area contributed by atoms with Crippen molar-refractivity contribution in [1.29, 1.82) is 0 Å². The molecule has 0 aromatic carbocycles. The van der Waals surface area contributed by atoms with Crippen molar-refractivity contribution in [2.24, 2.45) is 5.73 Å². The molecule has 8 heteroatoms. The number of nitrogens with two attached hydrogens (primary N) is 1. The number of halogens is 3. The third kappa shape index (κ3) is 3.31. The molecule has 2 N–H and O–H groups in total. The van der Waals surface area contributed by atoms with Gasteiger partial charge < -0.3 is 15.2 Å². The Morgan fingerprint density at radius 2 is 2.18 bits per heavy atom. The predicted molar refractivity (Wildman–Crippen MR) is 50.8 cm³/mol. The van der Waals surface area contributed by atoms with Crippen LogP contribution in [-0.2, 0) is 6.54 Å². The fraction of sp³-hybridized carbons (Fsp3) is 0.333. The van der Waals surface area contributed by atoms with E-state index in [0.29, 0.717) is 6.29 Å². The first-order chi connectivity index (χ1) is 7.91. The summed E-state index contributed by atoms with van der Waals surface area (Å²) in [5.41, 5.74) is 5.30. The van der Waals surface area contributed by atoms with Crippen LogP contribution in [0.5, 0.6) is 11.6 Å². The van der Waals surface area contributed by atoms with E-state index in [4.69, 9.17) is 10.5 Å². The van der Waals surface area contributed by atoms with E-state index in [1.807, 2.05) is 0 Å². The molecule has 0 atom stereocenters. The normalized spacial score (nSPS) is 11.1. The highest BCUT2D eigenvalue weighted by atomic mass is 19.4. The van der Waals surface area contributed by atoms with Crippen molar-refractivity contribution in [2.45, 2.75) is 12.9 Å². The summed E-state index contributed by atoms with van der Waals surface area (Å²) in [6.45, 7) is -0.110. The maximum Gasteiger partial charge on any atom is 0.574 e. The van der Waals surface area contributed by atoms with Gasteiger partial charge >= 0.3 is 6.36 Å². The molecule has 94 valence electrons. The van der Waals surface area contributed by atoms with Gasteiger partial charge in [-0.15, -0.1) is 13.2 Å². The third-order valence-corrected chi connectivity index (χ3v) is 1.80. The lowest BCUT2D eigenvalue weighted by molar-refractivity contribution is -0.276. The molecule has 0 saturated heterocycles. The molecule has 17 heavy (non-hydrogen) atoms. The molecule has 0 aliphatic rings. The van der Waals surface area contributed by atoms with Crippen LogP contribution in [0.3, 0.4) is 0 Å². The van der Waals surface area contributed by atoms with E-state index in [2.05, 4.69) is 9.72 Å². The zero-order valence-corrected chi connectivity index (χ0v) is 8.75. The number of hydrogen-bond acceptors (Lipinski definition) is 5. The predicted octanol–water partition coefficient (Wildman–Crippen LogP) is 1.26. The van der Waals surface area contributed by atoms with Gasteiger partial charge in [-0.2, -0.15) is 0 Å². The fourth-order valence-corrected chi connectivity index (χ4v) is 1.19. The number of aldehydes is 1. The Morgan fingerprint density at radius 1 is 1.53 bits per heavy atom. The molecule has 1 aromatic rings. The molecule has 1 rings (SSSR count). The average molecular weight is 250 g/mol. The van der Waals surface area contributed by atoms with Crippen LogP contribution in [-0.4, -0.2) is 24.7 Å². The molecule has 0 saturated carbocycles. The maximum atomic E-state index is 12.1. The molecular formula is C9H9F3N2O3. The van der Waals surface area contributed by atoms with Gasteiger partial charge in [0.15, 0.2) is 12.0 Å². The van der Waals surface area contributed by atoms with Gasteiger partial charge in [-0.3, -0.25) is 4.79 Å². The van der Waals surface area contributed by atoms with E-state index in [9.17, 15) is 18.0 Å². The number of ether oxygens (including phenoxy) is 2. The van der Waals surface area contributed by atoms with Crippen molar-refractivity contribution in [3.05, 3.63) is 17.3 Å². The van der Waals surface area contributed by atoms with Gasteiger partial charge in [-0.25, -0.2) is 4.98 Å². The maximum absolute atomic E-state index is 12.1. The number of nitrogens with zero attached hydrogens (tertiary/aromatic N) is 1. The molecule has 5 nitrogen and oxygen atoms in total. The molecule has 0 spiro atoms. The first-order valence-corrected chi connectivity index (χ1v) is 4.40. The number of pyridine rings is 1. The van der Waals surface area contributed by atoms with Crippen LogP contribution >= 0.6 is 0 Å². The Bertz CT molecular complexity index is 421. The van der Waals surface area contributed by atoms with Gasteiger partial charge in [0.05, 0.1) is 7.11 Å². The highest BCUT2D eigenvalue weighted by Crippen LogP contribution is 2.33. The van der Waals surface area contributed by atoms with E-state index < -0.39 is 12.2 Å². The van der Waals surface area contributed by atoms with E-state index in [1.54, 1.807) is 0 Å². The van der Waals surface area contributed by atoms with Gasteiger partial charge in [-0.05, 0) is 6.07 Å². The first-order valence-electron chi connectivity index (χ1n) is 4.40. The first kappa shape index (κ1) is 13.2. The summed E-state index contributed by atoms with van der Waals surface area (Å²) in [6.07, 6.45) is -4.63. The van der Waals surface area contributed by atoms with Crippen molar-refractivity contribution in [2.75, 3.05) is 7.11 Å². The van der Waals surface area contributed by atoms with Gasteiger partial charge in [-0.1, -0.05) is 0 Å². The minimum Gasteiger partial charge on any atom is -0.491 e. The highest BCUT2D eigenvalue weighted by Gasteiger charge is 2.34. The molecular weight excluding hydrogens is 241 g/mol. The quantitative estimate of drug-likeness (QED) is 0.814. The number of methoxy groups -OCH3 is 1. The monoisotopic (exact) mass is 250 g/mol. The van der Waals surface area contributed by atoms with Crippen molar-refractivity contribution < 1.29 is 27.4 Å². The second kappa shape index (κ2) is 5.00. The Morgan fingerprint density at radius 3 is 2.59 bits per heavy atom. The minimum atomic E-state index is -4.92. The summed E-state index contributed by atoms with van der Waals surface area (Å²) >= 11 is 0. The van der Waals surface area contributed by atoms with Crippen LogP contribution < -0.4 is 15.2 Å². The van der Waals surface area contributed by atoms with Crippen molar-refractivity contribution in [3.8, 4) is 11.6 Å². The second-order valence-corrected chi connectivity index (χ2v) is 2.91. The summed E-state index contributed by atoms with van der Waals surface area (Å²) in [7, 11) is 1.15. The number of alkyl halides is 3. The largest absolute Gasteiger partial charge is 0.574 e. The van der Waals surface area contributed by atoms with Crippen LogP contribution in [0, 0.1) is 0 Å². The molecule has 0 unspecified atom stereocenters. The Balaban J connectivity index is 3.29. The smallest absolute Gasteiger partial charge is 0.491 e. The van der Waals surface area contributed by atoms with E-state index in [0.717, 1.165) is 7.11 Å². The van der Waals surface area contributed by atoms with Crippen molar-refractivity contribution >= 4 is 6.29 Å². The summed E-state index contributed by atoms with van der Waals surface area (Å²) in [6, 6.07) is 1.23. The number of aromatic nitrogens is 1. The third-order valence-electron chi connectivity index (χ3n) is 1.80. The standard InChI is InChI=1S/C9H9F3N2O3/c1-16-7-5(3-13)2-6(4-15)14-8(7)17-9(10,11)12/h2,4H,3,13H2,1H3. The molecule has 0 radical (unpaired) electrons. The van der Waals surface area contributed by atoms with Gasteiger partial charge in [0.1, 0.15) is 5.69 Å². The zero-order valence-electron chi connectivity index (χ0n) is 8.75. The van der Waals surface area contributed by atoms with Crippen LogP contribution in [0.1, 0.15) is 16.1 Å². The lowest BCUT2D eigenvalue weighted by Gasteiger charge is -2.14. The molecule has 0 aliphatic carbocycles. The van der Waals surface area contributed by atoms with Gasteiger partial charge in [0.25, 0.3) is 5.88 Å². The lowest BCUT2D eigenvalue weighted by atomic mass is 10.2. The molecule has 0 fully saturated rings. The average Bonchev–Trinajstić information content (AvgIpc) is 2.25. The van der Waals surface area contributed by atoms with Crippen LogP contribution in [0.15, 0.2) is 6.07 Å². The SMILES string of the molecule is COc1c(CN)cc(C=O)nc1OC(F)(F)F. The van der Waals surface area contributed by atoms with Gasteiger partial charge in [0.2, 0.25) is 0 Å². The van der Waals surface area contributed by atoms with Crippen LogP contribution in [0.4, 0.5) is 13.2 Å². The van der Waals surface area contributed by atoms with Crippen LogP contribution in [0.25, 0.3) is 0 Å². The number of carbonyl (C=O) groups excluding carboxylic acids is 1. The Hall–Kier alpha value is -1.83. The summed E-state index contributed by atoms with van der Waals surface area (Å²) in [5.74, 6) is -1.07. The lowest BCUT2D eigenvalue weighted by Crippen LogP contribution is -2.19. The molecule has 1 heterocycles. The number of carbonyl (C=O) groups is 1. The number of hydrogen-bond donors (Lipinski definition) is 1. The van der Waals surface area contributed by atoms with Crippen molar-refractivity contribution in [3.63, 3.8) is 0 Å². The Labute approximate surface area is 94.3 Å². The highest BCUT2D eigenvalue weighted by molar-refractivity contribution is 5.73. The summed E-state index contributed by atoms with van der Waals surface area (Å²) < 4.78 is 44.7. The van der Waals surface area contributed by atoms with Crippen LogP contribution in [0.2, 0.25) is 0 Å². The molecule has 0 amide bonds. The topological polar surface area (TPSA) is 74.4 Å². The van der Waals surface area contributed by atoms with E-state index in [1.165, 1.54) is 6.07 Å². The van der Waals surface area contributed by atoms with E-state index >= 15 is 0 Å². The van der Waals surface area contributed by atoms with Crippen molar-refractivity contribution in [1.82, 2.24) is 4.98 Å². The number of rotatable bonds is 4. The molecule has 0 bridgehead atoms. The summed E-state index contributed by atoms with van der Waals surface area (Å²) in [5, 5.41) is 0. The second-order valence-electron chi connectivity index (χ2n) is 2.91. The van der Waals surface area contributed by atoms with E-state index in [-0.39, 0.29) is 23.6 Å². The molecule has 1 aromatic heterocycles. The fourth-order valence-electron chi connectivity index (χ4n) is 1.19. The Kier molecular flexibility index (Phi) is 3.89. The zero-order chi connectivity index (χ0) is 13.1. The summed E-state index contributed by atoms with van der Waals surface area (Å²) in [4.78, 5) is 13.9. The minimum absolute atomic E-state index is 0.110.